The summed E-state index contributed by atoms with van der Waals surface area (Å²) in [6.07, 6.45) is 18.4. The molecule has 0 spiro atoms. The summed E-state index contributed by atoms with van der Waals surface area (Å²) in [4.78, 5) is 71.9. The molecule has 0 saturated carbocycles. The summed E-state index contributed by atoms with van der Waals surface area (Å²) >= 11 is 0. The van der Waals surface area contributed by atoms with Crippen LogP contribution < -0.4 is 0 Å². The summed E-state index contributed by atoms with van der Waals surface area (Å²) in [5, 5.41) is 0. The first-order valence-corrected chi connectivity index (χ1v) is 14.8. The van der Waals surface area contributed by atoms with Gasteiger partial charge in [-0.05, 0) is 38.5 Å². The van der Waals surface area contributed by atoms with Gasteiger partial charge in [0.05, 0.1) is 13.2 Å². The molecular formula is C30H44N2O8. The van der Waals surface area contributed by atoms with Crippen LogP contribution in [0.25, 0.3) is 0 Å². The van der Waals surface area contributed by atoms with E-state index in [0.717, 1.165) is 64.2 Å². The molecule has 2 aliphatic rings. The van der Waals surface area contributed by atoms with Crippen molar-refractivity contribution in [2.24, 2.45) is 0 Å². The number of rotatable bonds is 23. The van der Waals surface area contributed by atoms with Crippen LogP contribution >= 0.6 is 0 Å². The molecule has 2 aliphatic heterocycles. The van der Waals surface area contributed by atoms with E-state index in [0.29, 0.717) is 64.8 Å². The Bertz CT molecular complexity index is 817. The van der Waals surface area contributed by atoms with Crippen molar-refractivity contribution in [1.82, 2.24) is 9.80 Å². The predicted molar refractivity (Wildman–Crippen MR) is 148 cm³/mol. The molecule has 2 heterocycles. The summed E-state index contributed by atoms with van der Waals surface area (Å²) in [6.45, 7) is 1.68. The van der Waals surface area contributed by atoms with Crippen molar-refractivity contribution in [3.05, 3.63) is 24.3 Å². The lowest BCUT2D eigenvalue weighted by molar-refractivity contribution is -0.144. The Hall–Kier alpha value is -3.30. The van der Waals surface area contributed by atoms with E-state index >= 15 is 0 Å². The molecular weight excluding hydrogens is 516 g/mol. The van der Waals surface area contributed by atoms with Crippen molar-refractivity contribution in [2.45, 2.75) is 103 Å². The standard InChI is InChI=1S/C30H44N2O8/c33-25-17-18-26(34)31(25)21-11-7-9-15-29(37)39-23-13-5-3-1-2-4-6-14-24-40-30(38)16-10-8-12-22-32-27(35)19-20-28(32)36/h17-20H,1-16,21-24H2. The maximum absolute atomic E-state index is 11.8. The number of ether oxygens (including phenoxy) is 2. The normalized spacial score (nSPS) is 14.6. The number of nitrogens with zero attached hydrogens (tertiary/aromatic N) is 2. The Morgan fingerprint density at radius 2 is 0.750 bits per heavy atom. The van der Waals surface area contributed by atoms with E-state index in [1.54, 1.807) is 0 Å². The lowest BCUT2D eigenvalue weighted by Gasteiger charge is -2.13. The van der Waals surface area contributed by atoms with Crippen LogP contribution in [-0.4, -0.2) is 71.7 Å². The smallest absolute Gasteiger partial charge is 0.305 e. The first-order valence-electron chi connectivity index (χ1n) is 14.8. The van der Waals surface area contributed by atoms with E-state index in [9.17, 15) is 28.8 Å². The van der Waals surface area contributed by atoms with Crippen LogP contribution in [0.15, 0.2) is 24.3 Å². The number of amides is 4. The van der Waals surface area contributed by atoms with Gasteiger partial charge < -0.3 is 9.47 Å². The van der Waals surface area contributed by atoms with E-state index in [4.69, 9.17) is 9.47 Å². The van der Waals surface area contributed by atoms with Gasteiger partial charge in [0, 0.05) is 50.2 Å². The predicted octanol–water partition coefficient (Wildman–Crippen LogP) is 4.16. The summed E-state index contributed by atoms with van der Waals surface area (Å²) in [6, 6.07) is 0. The van der Waals surface area contributed by atoms with Crippen molar-refractivity contribution in [2.75, 3.05) is 26.3 Å². The fourth-order valence-electron chi connectivity index (χ4n) is 4.52. The van der Waals surface area contributed by atoms with Crippen molar-refractivity contribution in [3.8, 4) is 0 Å². The molecule has 0 fully saturated rings. The fraction of sp³-hybridized carbons (Fsp3) is 0.667. The zero-order chi connectivity index (χ0) is 29.0. The first-order chi connectivity index (χ1) is 19.4. The molecule has 0 radical (unpaired) electrons. The van der Waals surface area contributed by atoms with Crippen LogP contribution in [0.3, 0.4) is 0 Å². The molecule has 0 aromatic heterocycles. The van der Waals surface area contributed by atoms with E-state index in [-0.39, 0.29) is 35.6 Å². The van der Waals surface area contributed by atoms with Crippen LogP contribution in [0.2, 0.25) is 0 Å². The second-order valence-corrected chi connectivity index (χ2v) is 10.2. The largest absolute Gasteiger partial charge is 0.466 e. The van der Waals surface area contributed by atoms with Crippen LogP contribution in [0, 0.1) is 0 Å². The van der Waals surface area contributed by atoms with E-state index < -0.39 is 0 Å². The highest BCUT2D eigenvalue weighted by Crippen LogP contribution is 2.11. The van der Waals surface area contributed by atoms with Gasteiger partial charge in [0.25, 0.3) is 23.6 Å². The molecule has 0 aromatic rings. The first kappa shape index (κ1) is 32.9. The molecule has 40 heavy (non-hydrogen) atoms. The Morgan fingerprint density at radius 1 is 0.450 bits per heavy atom. The Balaban J connectivity index is 1.26. The second-order valence-electron chi connectivity index (χ2n) is 10.2. The van der Waals surface area contributed by atoms with E-state index in [1.807, 2.05) is 0 Å². The number of esters is 2. The summed E-state index contributed by atoms with van der Waals surface area (Å²) in [7, 11) is 0. The van der Waals surface area contributed by atoms with Gasteiger partial charge in [0.15, 0.2) is 0 Å². The highest BCUT2D eigenvalue weighted by Gasteiger charge is 2.23. The molecule has 2 rings (SSSR count). The maximum atomic E-state index is 11.8. The summed E-state index contributed by atoms with van der Waals surface area (Å²) < 4.78 is 10.6. The van der Waals surface area contributed by atoms with E-state index in [2.05, 4.69) is 0 Å². The molecule has 0 N–H and O–H groups in total. The van der Waals surface area contributed by atoms with Crippen molar-refractivity contribution in [1.29, 1.82) is 0 Å². The zero-order valence-electron chi connectivity index (χ0n) is 23.6. The Labute approximate surface area is 237 Å². The van der Waals surface area contributed by atoms with Gasteiger partial charge in [-0.2, -0.15) is 0 Å². The highest BCUT2D eigenvalue weighted by atomic mass is 16.5. The minimum atomic E-state index is -0.268. The third kappa shape index (κ3) is 13.7. The van der Waals surface area contributed by atoms with Gasteiger partial charge in [-0.3, -0.25) is 38.6 Å². The molecule has 10 heteroatoms. The molecule has 0 unspecified atom stereocenters. The lowest BCUT2D eigenvalue weighted by atomic mass is 10.1. The van der Waals surface area contributed by atoms with Gasteiger partial charge in [-0.15, -0.1) is 0 Å². The Kier molecular flexibility index (Phi) is 16.2. The molecule has 0 aromatic carbocycles. The average molecular weight is 561 g/mol. The molecule has 10 nitrogen and oxygen atoms in total. The van der Waals surface area contributed by atoms with Crippen molar-refractivity contribution >= 4 is 35.6 Å². The quantitative estimate of drug-likeness (QED) is 0.104. The fourth-order valence-corrected chi connectivity index (χ4v) is 4.52. The van der Waals surface area contributed by atoms with Gasteiger partial charge in [0.1, 0.15) is 0 Å². The SMILES string of the molecule is O=C(CCCCCN1C(=O)C=CC1=O)OCCCCCCCCCCOC(=O)CCCCCN1C(=O)C=CC1=O. The van der Waals surface area contributed by atoms with Gasteiger partial charge in [0.2, 0.25) is 0 Å². The maximum Gasteiger partial charge on any atom is 0.305 e. The number of imide groups is 2. The van der Waals surface area contributed by atoms with Crippen LogP contribution in [0.5, 0.6) is 0 Å². The number of carbonyl (C=O) groups is 6. The summed E-state index contributed by atoms with van der Waals surface area (Å²) in [5.74, 6) is -1.46. The van der Waals surface area contributed by atoms with Crippen LogP contribution in [0.1, 0.15) is 103 Å². The van der Waals surface area contributed by atoms with E-state index in [1.165, 1.54) is 34.1 Å². The van der Waals surface area contributed by atoms with Crippen LogP contribution in [0.4, 0.5) is 0 Å². The zero-order valence-corrected chi connectivity index (χ0v) is 23.6. The molecule has 222 valence electrons. The number of carbonyl (C=O) groups excluding carboxylic acids is 6. The third-order valence-electron chi connectivity index (χ3n) is 6.89. The molecule has 0 saturated heterocycles. The van der Waals surface area contributed by atoms with Crippen molar-refractivity contribution < 1.29 is 38.2 Å². The molecule has 4 amide bonds. The van der Waals surface area contributed by atoms with Gasteiger partial charge >= 0.3 is 11.9 Å². The van der Waals surface area contributed by atoms with Crippen molar-refractivity contribution in [3.63, 3.8) is 0 Å². The highest BCUT2D eigenvalue weighted by molar-refractivity contribution is 6.13. The number of unbranched alkanes of at least 4 members (excludes halogenated alkanes) is 11. The number of hydrogen-bond acceptors (Lipinski definition) is 8. The topological polar surface area (TPSA) is 127 Å². The average Bonchev–Trinajstić information content (AvgIpc) is 3.43. The van der Waals surface area contributed by atoms with Gasteiger partial charge in [-0.1, -0.05) is 51.4 Å². The second kappa shape index (κ2) is 19.7. The molecule has 0 atom stereocenters. The monoisotopic (exact) mass is 560 g/mol. The summed E-state index contributed by atoms with van der Waals surface area (Å²) in [5.41, 5.74) is 0. The third-order valence-corrected chi connectivity index (χ3v) is 6.89. The minimum Gasteiger partial charge on any atom is -0.466 e. The minimum absolute atomic E-state index is 0.193. The molecule has 0 aliphatic carbocycles. The Morgan fingerprint density at radius 3 is 1.10 bits per heavy atom. The van der Waals surface area contributed by atoms with Gasteiger partial charge in [-0.25, -0.2) is 0 Å². The van der Waals surface area contributed by atoms with Crippen LogP contribution in [-0.2, 0) is 38.2 Å². The number of hydrogen-bond donors (Lipinski definition) is 0. The lowest BCUT2D eigenvalue weighted by Crippen LogP contribution is -2.30. The molecule has 0 bridgehead atoms.